The Morgan fingerprint density at radius 1 is 1.30 bits per heavy atom. The molecule has 0 aliphatic heterocycles. The quantitative estimate of drug-likeness (QED) is 0.836. The summed E-state index contributed by atoms with van der Waals surface area (Å²) in [7, 11) is 0. The van der Waals surface area contributed by atoms with Gasteiger partial charge in [0.2, 0.25) is 0 Å². The molecule has 1 amide bonds. The minimum atomic E-state index is -4.66. The molecule has 2 rings (SSSR count). The second kappa shape index (κ2) is 5.66. The zero-order chi connectivity index (χ0) is 14.8. The van der Waals surface area contributed by atoms with Crippen LogP contribution in [0.2, 0.25) is 0 Å². The van der Waals surface area contributed by atoms with Crippen LogP contribution in [0.5, 0.6) is 0 Å². The second-order valence-corrected chi connectivity index (χ2v) is 4.57. The molecule has 0 aromatic carbocycles. The summed E-state index contributed by atoms with van der Waals surface area (Å²) < 4.78 is 37.1. The SMILES string of the molecule is O=C(NOC1CCCC1)c1ccc(C(F)(F)F)[nH]c1=O. The maximum Gasteiger partial charge on any atom is 0.431 e. The highest BCUT2D eigenvalue weighted by Crippen LogP contribution is 2.26. The third-order valence-electron chi connectivity index (χ3n) is 3.08. The number of amides is 1. The van der Waals surface area contributed by atoms with Crippen LogP contribution in [0.3, 0.4) is 0 Å². The molecule has 1 fully saturated rings. The van der Waals surface area contributed by atoms with Crippen LogP contribution >= 0.6 is 0 Å². The summed E-state index contributed by atoms with van der Waals surface area (Å²) >= 11 is 0. The highest BCUT2D eigenvalue weighted by Gasteiger charge is 2.32. The van der Waals surface area contributed by atoms with Gasteiger partial charge in [0.25, 0.3) is 11.5 Å². The van der Waals surface area contributed by atoms with Crippen LogP contribution in [-0.4, -0.2) is 17.0 Å². The highest BCUT2D eigenvalue weighted by atomic mass is 19.4. The average Bonchev–Trinajstić information content (AvgIpc) is 2.87. The van der Waals surface area contributed by atoms with E-state index in [1.807, 2.05) is 0 Å². The van der Waals surface area contributed by atoms with Gasteiger partial charge in [-0.3, -0.25) is 14.4 Å². The van der Waals surface area contributed by atoms with Crippen molar-refractivity contribution in [2.75, 3.05) is 0 Å². The molecular formula is C12H13F3N2O3. The van der Waals surface area contributed by atoms with E-state index >= 15 is 0 Å². The number of carbonyl (C=O) groups excluding carboxylic acids is 1. The van der Waals surface area contributed by atoms with E-state index in [-0.39, 0.29) is 6.10 Å². The van der Waals surface area contributed by atoms with Gasteiger partial charge in [-0.25, -0.2) is 5.48 Å². The van der Waals surface area contributed by atoms with E-state index < -0.39 is 28.9 Å². The molecule has 1 aliphatic rings. The Balaban J connectivity index is 2.04. The second-order valence-electron chi connectivity index (χ2n) is 4.57. The minimum absolute atomic E-state index is 0.104. The third-order valence-corrected chi connectivity index (χ3v) is 3.08. The minimum Gasteiger partial charge on any atom is -0.318 e. The molecule has 0 saturated heterocycles. The number of pyridine rings is 1. The molecule has 0 bridgehead atoms. The van der Waals surface area contributed by atoms with Crippen molar-refractivity contribution in [1.82, 2.24) is 10.5 Å². The van der Waals surface area contributed by atoms with Crippen molar-refractivity contribution >= 4 is 5.91 Å². The molecule has 1 aromatic heterocycles. The van der Waals surface area contributed by atoms with E-state index in [0.29, 0.717) is 6.07 Å². The first-order valence-electron chi connectivity index (χ1n) is 6.14. The number of rotatable bonds is 3. The number of hydroxylamine groups is 1. The van der Waals surface area contributed by atoms with Crippen molar-refractivity contribution in [1.29, 1.82) is 0 Å². The highest BCUT2D eigenvalue weighted by molar-refractivity contribution is 5.93. The Kier molecular flexibility index (Phi) is 4.12. The van der Waals surface area contributed by atoms with Crippen LogP contribution in [0, 0.1) is 0 Å². The van der Waals surface area contributed by atoms with E-state index in [4.69, 9.17) is 4.84 Å². The lowest BCUT2D eigenvalue weighted by molar-refractivity contribution is -0.141. The van der Waals surface area contributed by atoms with Gasteiger partial charge in [0, 0.05) is 0 Å². The maximum absolute atomic E-state index is 12.4. The molecule has 1 heterocycles. The van der Waals surface area contributed by atoms with Crippen molar-refractivity contribution in [2.24, 2.45) is 0 Å². The van der Waals surface area contributed by atoms with Crippen LogP contribution < -0.4 is 11.0 Å². The molecule has 5 nitrogen and oxygen atoms in total. The van der Waals surface area contributed by atoms with E-state index in [2.05, 4.69) is 5.48 Å². The predicted molar refractivity (Wildman–Crippen MR) is 62.9 cm³/mol. The Morgan fingerprint density at radius 3 is 2.50 bits per heavy atom. The summed E-state index contributed by atoms with van der Waals surface area (Å²) in [5.74, 6) is -0.855. The molecule has 0 spiro atoms. The van der Waals surface area contributed by atoms with Gasteiger partial charge in [-0.05, 0) is 25.0 Å². The Bertz CT molecular complexity index is 548. The molecular weight excluding hydrogens is 277 g/mol. The number of hydrogen-bond donors (Lipinski definition) is 2. The van der Waals surface area contributed by atoms with Gasteiger partial charge >= 0.3 is 6.18 Å². The molecule has 1 aromatic rings. The first-order valence-corrected chi connectivity index (χ1v) is 6.14. The first-order chi connectivity index (χ1) is 9.38. The summed E-state index contributed by atoms with van der Waals surface area (Å²) in [6, 6.07) is 1.47. The van der Waals surface area contributed by atoms with Crippen molar-refractivity contribution in [3.63, 3.8) is 0 Å². The van der Waals surface area contributed by atoms with Crippen molar-refractivity contribution in [3.05, 3.63) is 33.7 Å². The summed E-state index contributed by atoms with van der Waals surface area (Å²) in [5.41, 5.74) is -0.623. The largest absolute Gasteiger partial charge is 0.431 e. The topological polar surface area (TPSA) is 71.2 Å². The fourth-order valence-corrected chi connectivity index (χ4v) is 2.02. The van der Waals surface area contributed by atoms with Crippen LogP contribution in [0.25, 0.3) is 0 Å². The van der Waals surface area contributed by atoms with Crippen LogP contribution in [0.4, 0.5) is 13.2 Å². The van der Waals surface area contributed by atoms with Gasteiger partial charge in [0.05, 0.1) is 6.10 Å². The standard InChI is InChI=1S/C12H13F3N2O3/c13-12(14,15)9-6-5-8(10(18)16-9)11(19)17-20-7-3-1-2-4-7/h5-7H,1-4H2,(H,16,18)(H,17,19). The number of carbonyl (C=O) groups is 1. The lowest BCUT2D eigenvalue weighted by atomic mass is 10.2. The summed E-state index contributed by atoms with van der Waals surface area (Å²) in [6.45, 7) is 0. The van der Waals surface area contributed by atoms with Crippen molar-refractivity contribution < 1.29 is 22.8 Å². The smallest absolute Gasteiger partial charge is 0.318 e. The zero-order valence-corrected chi connectivity index (χ0v) is 10.4. The molecule has 0 atom stereocenters. The summed E-state index contributed by atoms with van der Waals surface area (Å²) in [6.07, 6.45) is -1.14. The van der Waals surface area contributed by atoms with Gasteiger partial charge in [-0.2, -0.15) is 13.2 Å². The van der Waals surface area contributed by atoms with Crippen molar-refractivity contribution in [2.45, 2.75) is 38.0 Å². The molecule has 0 radical (unpaired) electrons. The van der Waals surface area contributed by atoms with Crippen molar-refractivity contribution in [3.8, 4) is 0 Å². The normalized spacial score (nSPS) is 16.4. The lowest BCUT2D eigenvalue weighted by Gasteiger charge is -2.11. The number of aromatic nitrogens is 1. The Hall–Kier alpha value is -1.83. The number of H-pyrrole nitrogens is 1. The Morgan fingerprint density at radius 2 is 1.95 bits per heavy atom. The maximum atomic E-state index is 12.4. The molecule has 110 valence electrons. The predicted octanol–water partition coefficient (Wildman–Crippen LogP) is 2.00. The van der Waals surface area contributed by atoms with Crippen LogP contribution in [0.1, 0.15) is 41.7 Å². The summed E-state index contributed by atoms with van der Waals surface area (Å²) in [4.78, 5) is 29.8. The van der Waals surface area contributed by atoms with E-state index in [9.17, 15) is 22.8 Å². The molecule has 1 aliphatic carbocycles. The van der Waals surface area contributed by atoms with Gasteiger partial charge in [0.15, 0.2) is 0 Å². The number of nitrogens with one attached hydrogen (secondary N) is 2. The molecule has 8 heteroatoms. The summed E-state index contributed by atoms with van der Waals surface area (Å²) in [5, 5.41) is 0. The van der Waals surface area contributed by atoms with E-state index in [1.54, 1.807) is 4.98 Å². The van der Waals surface area contributed by atoms with E-state index in [0.717, 1.165) is 31.7 Å². The molecule has 20 heavy (non-hydrogen) atoms. The zero-order valence-electron chi connectivity index (χ0n) is 10.4. The number of aromatic amines is 1. The molecule has 1 saturated carbocycles. The fourth-order valence-electron chi connectivity index (χ4n) is 2.02. The van der Waals surface area contributed by atoms with Gasteiger partial charge in [-0.1, -0.05) is 12.8 Å². The molecule has 0 unspecified atom stereocenters. The monoisotopic (exact) mass is 290 g/mol. The number of hydrogen-bond acceptors (Lipinski definition) is 3. The fraction of sp³-hybridized carbons (Fsp3) is 0.500. The first kappa shape index (κ1) is 14.6. The Labute approximate surface area is 112 Å². The average molecular weight is 290 g/mol. The van der Waals surface area contributed by atoms with Gasteiger partial charge < -0.3 is 4.98 Å². The number of halogens is 3. The lowest BCUT2D eigenvalue weighted by Crippen LogP contribution is -2.33. The van der Waals surface area contributed by atoms with E-state index in [1.165, 1.54) is 0 Å². The third kappa shape index (κ3) is 3.38. The van der Waals surface area contributed by atoms with Crippen LogP contribution in [0.15, 0.2) is 16.9 Å². The molecule has 2 N–H and O–H groups in total. The van der Waals surface area contributed by atoms with Crippen LogP contribution in [-0.2, 0) is 11.0 Å². The van der Waals surface area contributed by atoms with Gasteiger partial charge in [0.1, 0.15) is 11.3 Å². The van der Waals surface area contributed by atoms with Gasteiger partial charge in [-0.15, -0.1) is 0 Å². The number of alkyl halides is 3.